The molecule has 1 aliphatic rings. The third kappa shape index (κ3) is 7.29. The number of fused-ring (bicyclic) bond motifs is 1. The van der Waals surface area contributed by atoms with Gasteiger partial charge < -0.3 is 19.5 Å². The van der Waals surface area contributed by atoms with Crippen LogP contribution in [0, 0.1) is 0 Å². The summed E-state index contributed by atoms with van der Waals surface area (Å²) < 4.78 is 11.4. The minimum Gasteiger partial charge on any atom is -0.491 e. The zero-order valence-electron chi connectivity index (χ0n) is 19.3. The number of halogens is 1. The Morgan fingerprint density at radius 3 is 2.82 bits per heavy atom. The monoisotopic (exact) mass is 492 g/mol. The van der Waals surface area contributed by atoms with E-state index in [0.717, 1.165) is 17.7 Å². The Bertz CT molecular complexity index is 902. The Morgan fingerprint density at radius 1 is 1.36 bits per heavy atom. The molecule has 0 unspecified atom stereocenters. The van der Waals surface area contributed by atoms with E-state index in [9.17, 15) is 9.90 Å². The molecule has 0 bridgehead atoms. The molecule has 2 aromatic rings. The van der Waals surface area contributed by atoms with Crippen molar-refractivity contribution in [3.63, 3.8) is 0 Å². The number of aliphatic hydroxyl groups excluding tert-OH is 1. The number of carbonyl (C=O) groups is 1. The quantitative estimate of drug-likeness (QED) is 0.356. The van der Waals surface area contributed by atoms with Gasteiger partial charge in [0, 0.05) is 29.0 Å². The van der Waals surface area contributed by atoms with Gasteiger partial charge >= 0.3 is 0 Å². The number of hydrogen-bond acceptors (Lipinski definition) is 6. The highest BCUT2D eigenvalue weighted by atomic mass is 35.5. The van der Waals surface area contributed by atoms with Gasteiger partial charge in [-0.2, -0.15) is 0 Å². The van der Waals surface area contributed by atoms with Crippen LogP contribution >= 0.6 is 22.9 Å². The van der Waals surface area contributed by atoms with Crippen LogP contribution in [-0.2, 0) is 16.0 Å². The zero-order valence-corrected chi connectivity index (χ0v) is 20.9. The molecule has 8 heteroatoms. The molecule has 0 saturated heterocycles. The lowest BCUT2D eigenvalue weighted by atomic mass is 10.00. The SMILES string of the molecule is C=CCOC[C@@H](O)CN(CC(=O)N1CCc2sccc2[C@H]1COc1ccc(Cl)cc1)C(C)C. The van der Waals surface area contributed by atoms with Crippen LogP contribution in [0.5, 0.6) is 5.75 Å². The highest BCUT2D eigenvalue weighted by Crippen LogP contribution is 2.34. The average molecular weight is 493 g/mol. The largest absolute Gasteiger partial charge is 0.491 e. The summed E-state index contributed by atoms with van der Waals surface area (Å²) >= 11 is 7.71. The van der Waals surface area contributed by atoms with E-state index in [1.54, 1.807) is 29.5 Å². The Kier molecular flexibility index (Phi) is 9.77. The van der Waals surface area contributed by atoms with Crippen LogP contribution in [0.2, 0.25) is 5.02 Å². The van der Waals surface area contributed by atoms with Gasteiger partial charge in [-0.05, 0) is 61.5 Å². The molecule has 1 N–H and O–H groups in total. The first-order valence-electron chi connectivity index (χ1n) is 11.2. The molecule has 1 aromatic heterocycles. The smallest absolute Gasteiger partial charge is 0.237 e. The normalized spacial score (nSPS) is 16.7. The lowest BCUT2D eigenvalue weighted by Gasteiger charge is -2.38. The Hall–Kier alpha value is -1.90. The summed E-state index contributed by atoms with van der Waals surface area (Å²) in [4.78, 5) is 18.7. The minimum atomic E-state index is -0.672. The van der Waals surface area contributed by atoms with Crippen molar-refractivity contribution in [3.05, 3.63) is 63.8 Å². The molecule has 3 rings (SSSR count). The summed E-state index contributed by atoms with van der Waals surface area (Å²) in [6.07, 6.45) is 1.82. The minimum absolute atomic E-state index is 0.0319. The van der Waals surface area contributed by atoms with Crippen molar-refractivity contribution in [3.8, 4) is 5.75 Å². The van der Waals surface area contributed by atoms with Gasteiger partial charge in [-0.1, -0.05) is 17.7 Å². The van der Waals surface area contributed by atoms with E-state index in [1.807, 2.05) is 35.8 Å². The first-order chi connectivity index (χ1) is 15.9. The van der Waals surface area contributed by atoms with Crippen LogP contribution in [0.25, 0.3) is 0 Å². The molecule has 0 fully saturated rings. The number of aliphatic hydroxyl groups is 1. The standard InChI is InChI=1S/C25H33ClN2O4S/c1-4-12-31-16-20(29)14-27(18(2)3)15-25(30)28-11-9-24-22(10-13-33-24)23(28)17-32-21-7-5-19(26)6-8-21/h4-8,10,13,18,20,23,29H,1,9,11-12,14-17H2,2-3H3/t20-,23+/m0/s1. The second-order valence-corrected chi connectivity index (χ2v) is 9.86. The third-order valence-corrected chi connectivity index (χ3v) is 6.95. The summed E-state index contributed by atoms with van der Waals surface area (Å²) in [7, 11) is 0. The number of thiophene rings is 1. The maximum absolute atomic E-state index is 13.4. The molecule has 6 nitrogen and oxygen atoms in total. The molecular formula is C25H33ClN2O4S. The van der Waals surface area contributed by atoms with E-state index >= 15 is 0 Å². The number of carbonyl (C=O) groups excluding carboxylic acids is 1. The maximum atomic E-state index is 13.4. The molecule has 180 valence electrons. The maximum Gasteiger partial charge on any atom is 0.237 e. The predicted octanol–water partition coefficient (Wildman–Crippen LogP) is 4.18. The lowest BCUT2D eigenvalue weighted by Crippen LogP contribution is -2.49. The van der Waals surface area contributed by atoms with Crippen LogP contribution in [0.1, 0.15) is 30.3 Å². The van der Waals surface area contributed by atoms with E-state index in [0.29, 0.717) is 31.3 Å². The van der Waals surface area contributed by atoms with Crippen LogP contribution in [-0.4, -0.2) is 72.4 Å². The van der Waals surface area contributed by atoms with Crippen molar-refractivity contribution in [2.45, 2.75) is 38.5 Å². The Morgan fingerprint density at radius 2 is 2.12 bits per heavy atom. The second-order valence-electron chi connectivity index (χ2n) is 8.42. The third-order valence-electron chi connectivity index (χ3n) is 5.70. The molecular weight excluding hydrogens is 460 g/mol. The van der Waals surface area contributed by atoms with Crippen LogP contribution in [0.4, 0.5) is 0 Å². The zero-order chi connectivity index (χ0) is 23.8. The molecule has 1 amide bonds. The molecule has 0 saturated carbocycles. The Balaban J connectivity index is 1.67. The summed E-state index contributed by atoms with van der Waals surface area (Å²) in [5.74, 6) is 0.755. The van der Waals surface area contributed by atoms with Crippen molar-refractivity contribution in [2.75, 3.05) is 39.5 Å². The summed E-state index contributed by atoms with van der Waals surface area (Å²) in [6.45, 7) is 9.89. The summed E-state index contributed by atoms with van der Waals surface area (Å²) in [5.41, 5.74) is 1.16. The van der Waals surface area contributed by atoms with E-state index in [4.69, 9.17) is 21.1 Å². The first-order valence-corrected chi connectivity index (χ1v) is 12.5. The van der Waals surface area contributed by atoms with Crippen LogP contribution < -0.4 is 4.74 Å². The summed E-state index contributed by atoms with van der Waals surface area (Å²) in [5, 5.41) is 13.1. The topological polar surface area (TPSA) is 62.2 Å². The van der Waals surface area contributed by atoms with Gasteiger partial charge in [0.2, 0.25) is 5.91 Å². The number of amides is 1. The number of nitrogens with zero attached hydrogens (tertiary/aromatic N) is 2. The highest BCUT2D eigenvalue weighted by Gasteiger charge is 2.33. The van der Waals surface area contributed by atoms with Gasteiger partial charge in [0.25, 0.3) is 0 Å². The van der Waals surface area contributed by atoms with Gasteiger partial charge in [0.05, 0.1) is 31.9 Å². The molecule has 33 heavy (non-hydrogen) atoms. The van der Waals surface area contributed by atoms with E-state index in [1.165, 1.54) is 4.88 Å². The average Bonchev–Trinajstić information content (AvgIpc) is 3.27. The molecule has 0 aliphatic carbocycles. The van der Waals surface area contributed by atoms with Crippen molar-refractivity contribution >= 4 is 28.8 Å². The van der Waals surface area contributed by atoms with Crippen molar-refractivity contribution < 1.29 is 19.4 Å². The molecule has 1 aliphatic heterocycles. The lowest BCUT2D eigenvalue weighted by molar-refractivity contribution is -0.137. The first kappa shape index (κ1) is 25.7. The van der Waals surface area contributed by atoms with E-state index < -0.39 is 6.10 Å². The highest BCUT2D eigenvalue weighted by molar-refractivity contribution is 7.10. The second kappa shape index (κ2) is 12.5. The van der Waals surface area contributed by atoms with Crippen LogP contribution in [0.15, 0.2) is 48.4 Å². The van der Waals surface area contributed by atoms with Crippen molar-refractivity contribution in [1.82, 2.24) is 9.80 Å². The van der Waals surface area contributed by atoms with Gasteiger partial charge in [-0.25, -0.2) is 0 Å². The van der Waals surface area contributed by atoms with Gasteiger partial charge in [-0.3, -0.25) is 9.69 Å². The molecule has 0 spiro atoms. The number of benzene rings is 1. The predicted molar refractivity (Wildman–Crippen MR) is 133 cm³/mol. The fourth-order valence-electron chi connectivity index (χ4n) is 3.91. The van der Waals surface area contributed by atoms with Crippen molar-refractivity contribution in [2.24, 2.45) is 0 Å². The molecule has 2 atom stereocenters. The van der Waals surface area contributed by atoms with Gasteiger partial charge in [-0.15, -0.1) is 17.9 Å². The Labute approximate surface area is 205 Å². The van der Waals surface area contributed by atoms with Crippen molar-refractivity contribution in [1.29, 1.82) is 0 Å². The van der Waals surface area contributed by atoms with Gasteiger partial charge in [0.15, 0.2) is 0 Å². The summed E-state index contributed by atoms with van der Waals surface area (Å²) in [6, 6.07) is 9.30. The number of rotatable bonds is 12. The number of hydrogen-bond donors (Lipinski definition) is 1. The van der Waals surface area contributed by atoms with Crippen LogP contribution in [0.3, 0.4) is 0 Å². The van der Waals surface area contributed by atoms with E-state index in [-0.39, 0.29) is 31.1 Å². The number of ether oxygens (including phenoxy) is 2. The fraction of sp³-hybridized carbons (Fsp3) is 0.480. The molecule has 0 radical (unpaired) electrons. The molecule has 1 aromatic carbocycles. The molecule has 2 heterocycles. The fourth-order valence-corrected chi connectivity index (χ4v) is 4.97. The van der Waals surface area contributed by atoms with Gasteiger partial charge in [0.1, 0.15) is 12.4 Å². The van der Waals surface area contributed by atoms with E-state index in [2.05, 4.69) is 18.0 Å².